The van der Waals surface area contributed by atoms with E-state index in [1.54, 1.807) is 6.07 Å². The van der Waals surface area contributed by atoms with Gasteiger partial charge in [-0.25, -0.2) is 0 Å². The third kappa shape index (κ3) is 3.62. The number of aliphatic hydroxyl groups is 1. The molecule has 2 unspecified atom stereocenters. The Morgan fingerprint density at radius 3 is 2.20 bits per heavy atom. The summed E-state index contributed by atoms with van der Waals surface area (Å²) in [6.07, 6.45) is -0.672. The van der Waals surface area contributed by atoms with Crippen molar-refractivity contribution in [2.75, 3.05) is 6.54 Å². The van der Waals surface area contributed by atoms with Crippen LogP contribution in [0.1, 0.15) is 23.1 Å². The van der Waals surface area contributed by atoms with Crippen LogP contribution in [0.3, 0.4) is 0 Å². The molecule has 2 rings (SSSR count). The molecule has 0 aromatic heterocycles. The predicted molar refractivity (Wildman–Crippen MR) is 90.0 cm³/mol. The Labute approximate surface area is 140 Å². The first-order valence-corrected chi connectivity index (χ1v) is 8.08. The van der Waals surface area contributed by atoms with Crippen molar-refractivity contribution in [3.8, 4) is 0 Å². The first kappa shape index (κ1) is 16.0. The van der Waals surface area contributed by atoms with Gasteiger partial charge in [-0.3, -0.25) is 0 Å². The van der Waals surface area contributed by atoms with E-state index in [9.17, 15) is 5.11 Å². The quantitative estimate of drug-likeness (QED) is 0.758. The maximum atomic E-state index is 10.6. The number of benzene rings is 2. The normalized spacial score (nSPS) is 14.1. The highest BCUT2D eigenvalue weighted by molar-refractivity contribution is 9.10. The van der Waals surface area contributed by atoms with Gasteiger partial charge in [0.2, 0.25) is 0 Å². The van der Waals surface area contributed by atoms with Gasteiger partial charge in [-0.1, -0.05) is 45.7 Å². The lowest BCUT2D eigenvalue weighted by Gasteiger charge is -2.22. The minimum atomic E-state index is -0.672. The summed E-state index contributed by atoms with van der Waals surface area (Å²) in [7, 11) is 0. The van der Waals surface area contributed by atoms with Gasteiger partial charge in [-0.2, -0.15) is 0 Å². The minimum absolute atomic E-state index is 0.156. The van der Waals surface area contributed by atoms with Gasteiger partial charge in [-0.15, -0.1) is 0 Å². The summed E-state index contributed by atoms with van der Waals surface area (Å²) < 4.78 is 1.77. The lowest BCUT2D eigenvalue weighted by Crippen LogP contribution is -2.20. The molecule has 20 heavy (non-hydrogen) atoms. The number of nitrogens with two attached hydrogens (primary N) is 1. The lowest BCUT2D eigenvalue weighted by atomic mass is 9.89. The molecule has 0 saturated heterocycles. The van der Waals surface area contributed by atoms with E-state index in [0.29, 0.717) is 11.6 Å². The third-order valence-electron chi connectivity index (χ3n) is 3.22. The van der Waals surface area contributed by atoms with Gasteiger partial charge in [0.15, 0.2) is 0 Å². The highest BCUT2D eigenvalue weighted by Crippen LogP contribution is 2.33. The summed E-state index contributed by atoms with van der Waals surface area (Å²) in [5.41, 5.74) is 7.64. The van der Waals surface area contributed by atoms with Gasteiger partial charge in [-0.05, 0) is 51.3 Å². The van der Waals surface area contributed by atoms with Gasteiger partial charge >= 0.3 is 0 Å². The monoisotopic (exact) mass is 417 g/mol. The first-order chi connectivity index (χ1) is 9.52. The van der Waals surface area contributed by atoms with Crippen LogP contribution in [-0.2, 0) is 0 Å². The number of aliphatic hydroxyl groups excluding tert-OH is 1. The molecule has 2 aromatic carbocycles. The Kier molecular flexibility index (Phi) is 5.64. The molecular formula is C15H14Br2ClNO. The molecule has 0 saturated carbocycles. The largest absolute Gasteiger partial charge is 0.388 e. The first-order valence-electron chi connectivity index (χ1n) is 6.11. The molecule has 2 aromatic rings. The van der Waals surface area contributed by atoms with E-state index in [2.05, 4.69) is 31.9 Å². The van der Waals surface area contributed by atoms with Gasteiger partial charge < -0.3 is 10.8 Å². The molecule has 0 aliphatic rings. The summed E-state index contributed by atoms with van der Waals surface area (Å²) in [6, 6.07) is 13.2. The van der Waals surface area contributed by atoms with Crippen LogP contribution in [0.2, 0.25) is 5.02 Å². The molecule has 5 heteroatoms. The Hall–Kier alpha value is -0.390. The van der Waals surface area contributed by atoms with E-state index in [1.165, 1.54) is 0 Å². The SMILES string of the molecule is NCC(c1ccc(Br)cc1)C(O)c1ccc(Cl)c(Br)c1. The molecule has 0 aliphatic carbocycles. The zero-order valence-electron chi connectivity index (χ0n) is 10.6. The zero-order chi connectivity index (χ0) is 14.7. The predicted octanol–water partition coefficient (Wildman–Crippen LogP) is 4.64. The van der Waals surface area contributed by atoms with Crippen LogP contribution in [-0.4, -0.2) is 11.7 Å². The molecular weight excluding hydrogens is 405 g/mol. The van der Waals surface area contributed by atoms with Crippen LogP contribution in [0.15, 0.2) is 51.4 Å². The van der Waals surface area contributed by atoms with Crippen LogP contribution in [0, 0.1) is 0 Å². The Balaban J connectivity index is 2.30. The second-order valence-corrected chi connectivity index (χ2v) is 6.69. The van der Waals surface area contributed by atoms with Gasteiger partial charge in [0.1, 0.15) is 0 Å². The minimum Gasteiger partial charge on any atom is -0.388 e. The van der Waals surface area contributed by atoms with Gasteiger partial charge in [0, 0.05) is 21.4 Å². The lowest BCUT2D eigenvalue weighted by molar-refractivity contribution is 0.147. The molecule has 2 atom stereocenters. The number of hydrogen-bond acceptors (Lipinski definition) is 2. The number of hydrogen-bond donors (Lipinski definition) is 2. The van der Waals surface area contributed by atoms with Crippen molar-refractivity contribution in [3.05, 3.63) is 67.6 Å². The van der Waals surface area contributed by atoms with E-state index < -0.39 is 6.10 Å². The van der Waals surface area contributed by atoms with E-state index in [-0.39, 0.29) is 5.92 Å². The number of halogens is 3. The molecule has 0 amide bonds. The van der Waals surface area contributed by atoms with Gasteiger partial charge in [0.25, 0.3) is 0 Å². The summed E-state index contributed by atoms with van der Waals surface area (Å²) in [5.74, 6) is -0.156. The van der Waals surface area contributed by atoms with Crippen LogP contribution >= 0.6 is 43.5 Å². The van der Waals surface area contributed by atoms with Crippen LogP contribution in [0.5, 0.6) is 0 Å². The molecule has 0 heterocycles. The maximum Gasteiger partial charge on any atom is 0.0871 e. The Morgan fingerprint density at radius 2 is 1.65 bits per heavy atom. The van der Waals surface area contributed by atoms with E-state index in [4.69, 9.17) is 17.3 Å². The molecule has 0 aliphatic heterocycles. The van der Waals surface area contributed by atoms with Crippen molar-refractivity contribution >= 4 is 43.5 Å². The molecule has 106 valence electrons. The molecule has 0 fully saturated rings. The van der Waals surface area contributed by atoms with Crippen molar-refractivity contribution in [2.45, 2.75) is 12.0 Å². The van der Waals surface area contributed by atoms with Crippen molar-refractivity contribution < 1.29 is 5.11 Å². The zero-order valence-corrected chi connectivity index (χ0v) is 14.5. The van der Waals surface area contributed by atoms with E-state index in [0.717, 1.165) is 20.1 Å². The Morgan fingerprint density at radius 1 is 1.05 bits per heavy atom. The topological polar surface area (TPSA) is 46.2 Å². The summed E-state index contributed by atoms with van der Waals surface area (Å²) in [5, 5.41) is 11.2. The van der Waals surface area contributed by atoms with Crippen molar-refractivity contribution in [1.29, 1.82) is 0 Å². The van der Waals surface area contributed by atoms with Crippen LogP contribution in [0.4, 0.5) is 0 Å². The Bertz CT molecular complexity index is 589. The highest BCUT2D eigenvalue weighted by Gasteiger charge is 2.22. The second kappa shape index (κ2) is 7.05. The maximum absolute atomic E-state index is 10.6. The average Bonchev–Trinajstić information content (AvgIpc) is 2.44. The molecule has 0 radical (unpaired) electrons. The highest BCUT2D eigenvalue weighted by atomic mass is 79.9. The molecule has 3 N–H and O–H groups in total. The van der Waals surface area contributed by atoms with E-state index >= 15 is 0 Å². The van der Waals surface area contributed by atoms with Crippen LogP contribution in [0.25, 0.3) is 0 Å². The summed E-state index contributed by atoms with van der Waals surface area (Å²) in [4.78, 5) is 0. The standard InChI is InChI=1S/C15H14Br2ClNO/c16-11-4-1-9(2-5-11)12(8-19)15(20)10-3-6-14(18)13(17)7-10/h1-7,12,15,20H,8,19H2. The summed E-state index contributed by atoms with van der Waals surface area (Å²) in [6.45, 7) is 0.364. The smallest absolute Gasteiger partial charge is 0.0871 e. The second-order valence-electron chi connectivity index (χ2n) is 4.51. The summed E-state index contributed by atoms with van der Waals surface area (Å²) >= 11 is 12.7. The molecule has 0 spiro atoms. The van der Waals surface area contributed by atoms with Crippen molar-refractivity contribution in [2.24, 2.45) is 5.73 Å². The van der Waals surface area contributed by atoms with Crippen molar-refractivity contribution in [1.82, 2.24) is 0 Å². The average molecular weight is 420 g/mol. The molecule has 2 nitrogen and oxygen atoms in total. The number of rotatable bonds is 4. The fraction of sp³-hybridized carbons (Fsp3) is 0.200. The fourth-order valence-corrected chi connectivity index (χ4v) is 2.86. The molecule has 0 bridgehead atoms. The van der Waals surface area contributed by atoms with Crippen molar-refractivity contribution in [3.63, 3.8) is 0 Å². The van der Waals surface area contributed by atoms with E-state index in [1.807, 2.05) is 36.4 Å². The van der Waals surface area contributed by atoms with Gasteiger partial charge in [0.05, 0.1) is 11.1 Å². The van der Waals surface area contributed by atoms with Crippen LogP contribution < -0.4 is 5.73 Å². The third-order valence-corrected chi connectivity index (χ3v) is 4.96. The fourth-order valence-electron chi connectivity index (χ4n) is 2.09.